The zero-order chi connectivity index (χ0) is 22.7. The van der Waals surface area contributed by atoms with Crippen molar-refractivity contribution in [2.75, 3.05) is 11.6 Å². The number of para-hydroxylation sites is 1. The Bertz CT molecular complexity index is 1210. The maximum absolute atomic E-state index is 12.9. The van der Waals surface area contributed by atoms with Gasteiger partial charge in [-0.05, 0) is 55.3 Å². The molecule has 1 aliphatic rings. The summed E-state index contributed by atoms with van der Waals surface area (Å²) in [4.78, 5) is 25.1. The van der Waals surface area contributed by atoms with E-state index >= 15 is 0 Å². The second-order valence-electron chi connectivity index (χ2n) is 7.97. The number of esters is 1. The minimum atomic E-state index is -0.362. The van der Waals surface area contributed by atoms with Crippen LogP contribution >= 0.6 is 0 Å². The maximum atomic E-state index is 12.9. The Balaban J connectivity index is 1.54. The highest BCUT2D eigenvalue weighted by molar-refractivity contribution is 6.32. The largest absolute Gasteiger partial charge is 0.462 e. The Kier molecular flexibility index (Phi) is 6.03. The van der Waals surface area contributed by atoms with E-state index in [0.717, 1.165) is 5.56 Å². The first kappa shape index (κ1) is 21.3. The summed E-state index contributed by atoms with van der Waals surface area (Å²) in [6.45, 7) is 6.14. The van der Waals surface area contributed by atoms with Gasteiger partial charge < -0.3 is 9.15 Å². The first-order valence-corrected chi connectivity index (χ1v) is 10.5. The molecule has 3 aromatic rings. The van der Waals surface area contributed by atoms with Crippen molar-refractivity contribution in [3.63, 3.8) is 0 Å². The fraction of sp³-hybridized carbons (Fsp3) is 0.192. The summed E-state index contributed by atoms with van der Waals surface area (Å²) in [5, 5.41) is 5.77. The molecule has 0 unspecified atom stereocenters. The fourth-order valence-electron chi connectivity index (χ4n) is 3.28. The third-order valence-electron chi connectivity index (χ3n) is 4.91. The Morgan fingerprint density at radius 3 is 2.62 bits per heavy atom. The normalized spacial score (nSPS) is 14.9. The second kappa shape index (κ2) is 9.06. The van der Waals surface area contributed by atoms with E-state index in [0.29, 0.717) is 40.7 Å². The predicted molar refractivity (Wildman–Crippen MR) is 124 cm³/mol. The summed E-state index contributed by atoms with van der Waals surface area (Å²) >= 11 is 0. The molecule has 1 aliphatic heterocycles. The summed E-state index contributed by atoms with van der Waals surface area (Å²) < 4.78 is 11.3. The Hall–Kier alpha value is -3.93. The van der Waals surface area contributed by atoms with Crippen LogP contribution in [-0.2, 0) is 9.53 Å². The average Bonchev–Trinajstić information content (AvgIpc) is 3.38. The van der Waals surface area contributed by atoms with Crippen LogP contribution in [0.5, 0.6) is 0 Å². The lowest BCUT2D eigenvalue weighted by Gasteiger charge is -2.10. The third-order valence-corrected chi connectivity index (χ3v) is 4.91. The van der Waals surface area contributed by atoms with E-state index in [9.17, 15) is 9.59 Å². The van der Waals surface area contributed by atoms with Crippen molar-refractivity contribution in [2.45, 2.75) is 20.8 Å². The third kappa shape index (κ3) is 4.54. The molecule has 6 nitrogen and oxygen atoms in total. The van der Waals surface area contributed by atoms with Gasteiger partial charge in [0, 0.05) is 5.56 Å². The van der Waals surface area contributed by atoms with E-state index in [2.05, 4.69) is 5.10 Å². The summed E-state index contributed by atoms with van der Waals surface area (Å²) in [6.07, 6.45) is 1.69. The molecule has 0 spiro atoms. The number of carbonyl (C=O) groups excluding carboxylic acids is 2. The zero-order valence-corrected chi connectivity index (χ0v) is 18.2. The van der Waals surface area contributed by atoms with Gasteiger partial charge in [0.1, 0.15) is 11.5 Å². The number of hydrogen-bond acceptors (Lipinski definition) is 5. The molecule has 6 heteroatoms. The molecule has 0 bridgehead atoms. The van der Waals surface area contributed by atoms with E-state index in [-0.39, 0.29) is 17.8 Å². The van der Waals surface area contributed by atoms with Gasteiger partial charge in [-0.25, -0.2) is 4.79 Å². The highest BCUT2D eigenvalue weighted by Crippen LogP contribution is 2.28. The van der Waals surface area contributed by atoms with Gasteiger partial charge in [0.15, 0.2) is 0 Å². The number of benzene rings is 2. The Labute approximate surface area is 186 Å². The van der Waals surface area contributed by atoms with Crippen molar-refractivity contribution >= 4 is 29.4 Å². The second-order valence-corrected chi connectivity index (χ2v) is 7.97. The number of hydrazone groups is 1. The van der Waals surface area contributed by atoms with Gasteiger partial charge in [0.2, 0.25) is 0 Å². The number of carbonyl (C=O) groups is 2. The molecule has 32 heavy (non-hydrogen) atoms. The van der Waals surface area contributed by atoms with Crippen LogP contribution in [-0.4, -0.2) is 24.2 Å². The molecular formula is C26H24N2O4. The minimum Gasteiger partial charge on any atom is -0.462 e. The first-order valence-electron chi connectivity index (χ1n) is 10.5. The molecule has 162 valence electrons. The van der Waals surface area contributed by atoms with Crippen LogP contribution in [0, 0.1) is 5.92 Å². The van der Waals surface area contributed by atoms with Gasteiger partial charge in [0.25, 0.3) is 5.91 Å². The molecule has 2 aromatic carbocycles. The van der Waals surface area contributed by atoms with Gasteiger partial charge in [-0.3, -0.25) is 4.79 Å². The van der Waals surface area contributed by atoms with Gasteiger partial charge >= 0.3 is 5.97 Å². The SMILES string of the molecule is CC1=NN(c2ccccc2)C(=O)/C1=C\c1ccc(-c2cccc(C(=O)OCC(C)C)c2)o1. The molecule has 1 amide bonds. The lowest BCUT2D eigenvalue weighted by atomic mass is 10.1. The monoisotopic (exact) mass is 428 g/mol. The smallest absolute Gasteiger partial charge is 0.338 e. The highest BCUT2D eigenvalue weighted by Gasteiger charge is 2.29. The lowest BCUT2D eigenvalue weighted by molar-refractivity contribution is -0.114. The highest BCUT2D eigenvalue weighted by atomic mass is 16.5. The molecule has 0 aliphatic carbocycles. The first-order chi connectivity index (χ1) is 15.4. The molecule has 0 saturated carbocycles. The van der Waals surface area contributed by atoms with Crippen molar-refractivity contribution in [1.29, 1.82) is 0 Å². The average molecular weight is 428 g/mol. The topological polar surface area (TPSA) is 72.1 Å². The number of amides is 1. The van der Waals surface area contributed by atoms with Crippen molar-refractivity contribution in [2.24, 2.45) is 11.0 Å². The molecular weight excluding hydrogens is 404 g/mol. The molecule has 1 aromatic heterocycles. The van der Waals surface area contributed by atoms with Gasteiger partial charge in [-0.1, -0.05) is 44.2 Å². The number of nitrogens with zero attached hydrogens (tertiary/aromatic N) is 2. The number of hydrogen-bond donors (Lipinski definition) is 0. The number of ether oxygens (including phenoxy) is 1. The van der Waals surface area contributed by atoms with Crippen molar-refractivity contribution in [1.82, 2.24) is 0 Å². The Morgan fingerprint density at radius 1 is 1.09 bits per heavy atom. The zero-order valence-electron chi connectivity index (χ0n) is 18.2. The van der Waals surface area contributed by atoms with Crippen LogP contribution in [0.2, 0.25) is 0 Å². The molecule has 2 heterocycles. The molecule has 4 rings (SSSR count). The fourth-order valence-corrected chi connectivity index (χ4v) is 3.28. The minimum absolute atomic E-state index is 0.207. The molecule has 0 N–H and O–H groups in total. The molecule has 0 atom stereocenters. The number of furan rings is 1. The Morgan fingerprint density at radius 2 is 1.88 bits per heavy atom. The summed E-state index contributed by atoms with van der Waals surface area (Å²) in [6, 6.07) is 20.0. The lowest BCUT2D eigenvalue weighted by Crippen LogP contribution is -2.21. The predicted octanol–water partition coefficient (Wildman–Crippen LogP) is 5.57. The number of anilines is 1. The summed E-state index contributed by atoms with van der Waals surface area (Å²) in [5.41, 5.74) is 3.02. The van der Waals surface area contributed by atoms with Crippen LogP contribution in [0.3, 0.4) is 0 Å². The van der Waals surface area contributed by atoms with Crippen molar-refractivity contribution < 1.29 is 18.7 Å². The van der Waals surface area contributed by atoms with Crippen LogP contribution < -0.4 is 5.01 Å². The van der Waals surface area contributed by atoms with E-state index in [1.54, 1.807) is 37.3 Å². The summed E-state index contributed by atoms with van der Waals surface area (Å²) in [5.74, 6) is 0.821. The van der Waals surface area contributed by atoms with E-state index < -0.39 is 0 Å². The molecule has 0 saturated heterocycles. The maximum Gasteiger partial charge on any atom is 0.338 e. The van der Waals surface area contributed by atoms with Crippen molar-refractivity contribution in [3.8, 4) is 11.3 Å². The number of rotatable bonds is 6. The van der Waals surface area contributed by atoms with Crippen LogP contribution in [0.1, 0.15) is 36.9 Å². The van der Waals surface area contributed by atoms with E-state index in [1.807, 2.05) is 56.3 Å². The van der Waals surface area contributed by atoms with Crippen LogP contribution in [0.25, 0.3) is 17.4 Å². The van der Waals surface area contributed by atoms with Gasteiger partial charge in [-0.2, -0.15) is 10.1 Å². The molecule has 0 radical (unpaired) electrons. The van der Waals surface area contributed by atoms with Crippen LogP contribution in [0.4, 0.5) is 5.69 Å². The van der Waals surface area contributed by atoms with Gasteiger partial charge in [-0.15, -0.1) is 0 Å². The molecule has 0 fully saturated rings. The summed E-state index contributed by atoms with van der Waals surface area (Å²) in [7, 11) is 0. The van der Waals surface area contributed by atoms with Crippen molar-refractivity contribution in [3.05, 3.63) is 83.6 Å². The standard InChI is InChI=1S/C26H24N2O4/c1-17(2)16-31-26(30)20-9-7-8-19(14-20)24-13-12-22(32-24)15-23-18(3)27-28(25(23)29)21-10-5-4-6-11-21/h4-15,17H,16H2,1-3H3/b23-15-. The quantitative estimate of drug-likeness (QED) is 0.380. The van der Waals surface area contributed by atoms with E-state index in [1.165, 1.54) is 5.01 Å². The van der Waals surface area contributed by atoms with Crippen LogP contribution in [0.15, 0.2) is 81.8 Å². The van der Waals surface area contributed by atoms with Gasteiger partial charge in [0.05, 0.1) is 29.1 Å². The van der Waals surface area contributed by atoms with E-state index in [4.69, 9.17) is 9.15 Å².